The van der Waals surface area contributed by atoms with E-state index in [-0.39, 0.29) is 24.4 Å². The van der Waals surface area contributed by atoms with Gasteiger partial charge in [0.2, 0.25) is 5.91 Å². The molecule has 1 fully saturated rings. The highest BCUT2D eigenvalue weighted by Gasteiger charge is 2.29. The first-order valence-electron chi connectivity index (χ1n) is 9.19. The van der Waals surface area contributed by atoms with E-state index >= 15 is 0 Å². The van der Waals surface area contributed by atoms with Crippen molar-refractivity contribution in [1.29, 1.82) is 0 Å². The van der Waals surface area contributed by atoms with Crippen molar-refractivity contribution in [1.82, 2.24) is 15.5 Å². The van der Waals surface area contributed by atoms with Crippen LogP contribution in [0.5, 0.6) is 5.75 Å². The molecule has 1 saturated heterocycles. The number of carbonyl (C=O) groups excluding carboxylic acids is 2. The minimum Gasteiger partial charge on any atom is -0.492 e. The van der Waals surface area contributed by atoms with Crippen molar-refractivity contribution < 1.29 is 14.3 Å². The fourth-order valence-electron chi connectivity index (χ4n) is 3.18. The normalized spacial score (nSPS) is 17.0. The maximum absolute atomic E-state index is 12.7. The quantitative estimate of drug-likeness (QED) is 0.798. The largest absolute Gasteiger partial charge is 0.492 e. The average Bonchev–Trinajstić information content (AvgIpc) is 2.87. The van der Waals surface area contributed by atoms with Gasteiger partial charge in [-0.15, -0.1) is 0 Å². The van der Waals surface area contributed by atoms with Crippen LogP contribution in [0.4, 0.5) is 4.79 Å². The van der Waals surface area contributed by atoms with Crippen molar-refractivity contribution in [3.63, 3.8) is 0 Å². The first kappa shape index (κ1) is 18.8. The molecule has 3 amide bonds. The zero-order chi connectivity index (χ0) is 19.1. The molecule has 0 radical (unpaired) electrons. The first-order chi connectivity index (χ1) is 13.1. The van der Waals surface area contributed by atoms with Gasteiger partial charge in [-0.2, -0.15) is 0 Å². The van der Waals surface area contributed by atoms with Crippen LogP contribution in [0.2, 0.25) is 0 Å². The lowest BCUT2D eigenvalue weighted by atomic mass is 10.0. The van der Waals surface area contributed by atoms with Crippen LogP contribution < -0.4 is 15.4 Å². The molecule has 142 valence electrons. The maximum Gasteiger partial charge on any atom is 0.318 e. The number of nitrogens with one attached hydrogen (secondary N) is 2. The Hall–Kier alpha value is -3.02. The smallest absolute Gasteiger partial charge is 0.318 e. The molecular weight excluding hydrogens is 342 g/mol. The van der Waals surface area contributed by atoms with E-state index in [9.17, 15) is 9.59 Å². The van der Waals surface area contributed by atoms with E-state index in [0.717, 1.165) is 16.9 Å². The predicted molar refractivity (Wildman–Crippen MR) is 104 cm³/mol. The van der Waals surface area contributed by atoms with Gasteiger partial charge in [-0.3, -0.25) is 4.79 Å². The summed E-state index contributed by atoms with van der Waals surface area (Å²) in [7, 11) is 0. The summed E-state index contributed by atoms with van der Waals surface area (Å²) in [5.74, 6) is 0.748. The van der Waals surface area contributed by atoms with Gasteiger partial charge in [-0.1, -0.05) is 42.5 Å². The van der Waals surface area contributed by atoms with Gasteiger partial charge in [0.25, 0.3) is 0 Å². The lowest BCUT2D eigenvalue weighted by Gasteiger charge is -2.29. The summed E-state index contributed by atoms with van der Waals surface area (Å²) in [6, 6.07) is 17.0. The number of carbonyl (C=O) groups is 2. The predicted octanol–water partition coefficient (Wildman–Crippen LogP) is 2.65. The third kappa shape index (κ3) is 5.23. The van der Waals surface area contributed by atoms with Gasteiger partial charge < -0.3 is 20.3 Å². The maximum atomic E-state index is 12.7. The second-order valence-corrected chi connectivity index (χ2v) is 6.57. The van der Waals surface area contributed by atoms with Crippen LogP contribution >= 0.6 is 0 Å². The lowest BCUT2D eigenvalue weighted by Crippen LogP contribution is -2.44. The van der Waals surface area contributed by atoms with E-state index in [0.29, 0.717) is 26.2 Å². The summed E-state index contributed by atoms with van der Waals surface area (Å²) in [6.45, 7) is 3.71. The molecule has 1 atom stereocenters. The number of amides is 3. The van der Waals surface area contributed by atoms with Gasteiger partial charge in [-0.25, -0.2) is 4.79 Å². The number of hydrogen-bond acceptors (Lipinski definition) is 3. The molecule has 0 bridgehead atoms. The van der Waals surface area contributed by atoms with E-state index in [4.69, 9.17) is 4.74 Å². The summed E-state index contributed by atoms with van der Waals surface area (Å²) >= 11 is 0. The van der Waals surface area contributed by atoms with Crippen molar-refractivity contribution in [2.45, 2.75) is 19.4 Å². The van der Waals surface area contributed by atoms with Crippen molar-refractivity contribution >= 4 is 11.9 Å². The van der Waals surface area contributed by atoms with Gasteiger partial charge >= 0.3 is 6.03 Å². The van der Waals surface area contributed by atoms with Gasteiger partial charge in [0, 0.05) is 13.1 Å². The van der Waals surface area contributed by atoms with Crippen LogP contribution in [0.15, 0.2) is 54.6 Å². The monoisotopic (exact) mass is 367 g/mol. The number of ether oxygens (including phenoxy) is 1. The second kappa shape index (κ2) is 9.07. The molecule has 0 aliphatic carbocycles. The lowest BCUT2D eigenvalue weighted by molar-refractivity contribution is -0.121. The van der Waals surface area contributed by atoms with E-state index in [1.807, 2.05) is 61.5 Å². The number of nitrogens with zero attached hydrogens (tertiary/aromatic N) is 1. The standard InChI is InChI=1S/C21H25N3O3/c1-16-6-5-9-18(14-16)27-13-11-23-21(26)24-12-10-22-20(25)15-19(24)17-7-3-2-4-8-17/h2-9,14,19H,10-13,15H2,1H3,(H,22,25)(H,23,26)/t19-/m1/s1. The zero-order valence-corrected chi connectivity index (χ0v) is 15.5. The highest BCUT2D eigenvalue weighted by Crippen LogP contribution is 2.25. The Morgan fingerprint density at radius 1 is 1.22 bits per heavy atom. The van der Waals surface area contributed by atoms with Crippen LogP contribution in [0.1, 0.15) is 23.6 Å². The van der Waals surface area contributed by atoms with E-state index < -0.39 is 0 Å². The van der Waals surface area contributed by atoms with E-state index in [1.54, 1.807) is 4.90 Å². The molecule has 27 heavy (non-hydrogen) atoms. The van der Waals surface area contributed by atoms with E-state index in [1.165, 1.54) is 0 Å². The molecule has 0 aromatic heterocycles. The van der Waals surface area contributed by atoms with Crippen molar-refractivity contribution in [2.24, 2.45) is 0 Å². The number of hydrogen-bond donors (Lipinski definition) is 2. The number of urea groups is 1. The molecule has 1 aliphatic heterocycles. The summed E-state index contributed by atoms with van der Waals surface area (Å²) in [5, 5.41) is 5.74. The molecule has 2 aromatic carbocycles. The van der Waals surface area contributed by atoms with Gasteiger partial charge in [0.05, 0.1) is 19.0 Å². The Labute approximate surface area is 159 Å². The Bertz CT molecular complexity index is 779. The molecular formula is C21H25N3O3. The first-order valence-corrected chi connectivity index (χ1v) is 9.19. The Balaban J connectivity index is 1.58. The zero-order valence-electron chi connectivity index (χ0n) is 15.5. The Kier molecular flexibility index (Phi) is 6.30. The molecule has 0 spiro atoms. The topological polar surface area (TPSA) is 70.7 Å². The van der Waals surface area contributed by atoms with Gasteiger partial charge in [0.1, 0.15) is 12.4 Å². The van der Waals surface area contributed by atoms with Crippen LogP contribution in [0.3, 0.4) is 0 Å². The summed E-state index contributed by atoms with van der Waals surface area (Å²) in [5.41, 5.74) is 2.09. The number of benzene rings is 2. The molecule has 6 nitrogen and oxygen atoms in total. The minimum atomic E-state index is -0.272. The molecule has 1 aliphatic rings. The molecule has 0 saturated carbocycles. The third-order valence-corrected chi connectivity index (χ3v) is 4.51. The fraction of sp³-hybridized carbons (Fsp3) is 0.333. The highest BCUT2D eigenvalue weighted by atomic mass is 16.5. The molecule has 1 heterocycles. The van der Waals surface area contributed by atoms with Crippen LogP contribution in [0.25, 0.3) is 0 Å². The van der Waals surface area contributed by atoms with Gasteiger partial charge in [0.15, 0.2) is 0 Å². The Morgan fingerprint density at radius 3 is 2.81 bits per heavy atom. The molecule has 2 N–H and O–H groups in total. The molecule has 3 rings (SSSR count). The molecule has 6 heteroatoms. The van der Waals surface area contributed by atoms with Gasteiger partial charge in [-0.05, 0) is 30.2 Å². The molecule has 2 aromatic rings. The van der Waals surface area contributed by atoms with E-state index in [2.05, 4.69) is 10.6 Å². The summed E-state index contributed by atoms with van der Waals surface area (Å²) < 4.78 is 5.68. The molecule has 0 unspecified atom stereocenters. The third-order valence-electron chi connectivity index (χ3n) is 4.51. The highest BCUT2D eigenvalue weighted by molar-refractivity contribution is 5.80. The minimum absolute atomic E-state index is 0.0399. The summed E-state index contributed by atoms with van der Waals surface area (Å²) in [4.78, 5) is 26.4. The van der Waals surface area contributed by atoms with Crippen molar-refractivity contribution in [2.75, 3.05) is 26.2 Å². The van der Waals surface area contributed by atoms with Crippen molar-refractivity contribution in [3.05, 3.63) is 65.7 Å². The van der Waals surface area contributed by atoms with Crippen LogP contribution in [-0.2, 0) is 4.79 Å². The number of aryl methyl sites for hydroxylation is 1. The number of rotatable bonds is 5. The van der Waals surface area contributed by atoms with Crippen LogP contribution in [-0.4, -0.2) is 43.1 Å². The fourth-order valence-corrected chi connectivity index (χ4v) is 3.18. The second-order valence-electron chi connectivity index (χ2n) is 6.57. The van der Waals surface area contributed by atoms with Crippen LogP contribution in [0, 0.1) is 6.92 Å². The van der Waals surface area contributed by atoms with Crippen molar-refractivity contribution in [3.8, 4) is 5.75 Å². The Morgan fingerprint density at radius 2 is 2.04 bits per heavy atom. The summed E-state index contributed by atoms with van der Waals surface area (Å²) in [6.07, 6.45) is 0.261. The SMILES string of the molecule is Cc1cccc(OCCNC(=O)N2CCNC(=O)C[C@@H]2c2ccccc2)c1. The average molecular weight is 367 g/mol.